The molecule has 1 saturated heterocycles. The second-order valence-corrected chi connectivity index (χ2v) is 6.31. The van der Waals surface area contributed by atoms with Crippen molar-refractivity contribution in [2.75, 3.05) is 33.3 Å². The average molecular weight is 305 g/mol. The number of piperidine rings is 1. The van der Waals surface area contributed by atoms with Crippen LogP contribution in [0.2, 0.25) is 0 Å². The highest BCUT2D eigenvalue weighted by Gasteiger charge is 2.24. The molecule has 1 amide bonds. The van der Waals surface area contributed by atoms with Gasteiger partial charge in [0.05, 0.1) is 13.2 Å². The Morgan fingerprint density at radius 3 is 2.73 bits per heavy atom. The van der Waals surface area contributed by atoms with Crippen molar-refractivity contribution in [3.05, 3.63) is 24.4 Å². The maximum Gasteiger partial charge on any atom is 0.236 e. The van der Waals surface area contributed by atoms with Crippen molar-refractivity contribution in [2.24, 2.45) is 5.92 Å². The van der Waals surface area contributed by atoms with Gasteiger partial charge < -0.3 is 9.64 Å². The molecule has 5 nitrogen and oxygen atoms in total. The molecule has 0 aliphatic carbocycles. The first-order valence-corrected chi connectivity index (χ1v) is 8.08. The number of hydrogen-bond acceptors (Lipinski definition) is 4. The van der Waals surface area contributed by atoms with Crippen molar-refractivity contribution in [2.45, 2.75) is 32.7 Å². The van der Waals surface area contributed by atoms with Gasteiger partial charge in [0.25, 0.3) is 0 Å². The van der Waals surface area contributed by atoms with E-state index in [2.05, 4.69) is 23.7 Å². The molecule has 2 rings (SSSR count). The molecule has 0 aromatic carbocycles. The van der Waals surface area contributed by atoms with Gasteiger partial charge >= 0.3 is 0 Å². The number of carbonyl (C=O) groups excluding carboxylic acids is 1. The molecule has 1 aliphatic heterocycles. The fourth-order valence-electron chi connectivity index (χ4n) is 2.48. The first kappa shape index (κ1) is 16.7. The number of hydrogen-bond donors (Lipinski definition) is 0. The maximum absolute atomic E-state index is 12.2. The van der Waals surface area contributed by atoms with E-state index in [1.807, 2.05) is 30.1 Å². The van der Waals surface area contributed by atoms with Crippen LogP contribution < -0.4 is 4.74 Å². The van der Waals surface area contributed by atoms with Crippen molar-refractivity contribution in [1.82, 2.24) is 14.8 Å². The number of carbonyl (C=O) groups is 1. The Kier molecular flexibility index (Phi) is 6.19. The van der Waals surface area contributed by atoms with Crippen LogP contribution in [-0.2, 0) is 4.79 Å². The lowest BCUT2D eigenvalue weighted by Crippen LogP contribution is -2.45. The van der Waals surface area contributed by atoms with Crippen molar-refractivity contribution >= 4 is 5.91 Å². The quantitative estimate of drug-likeness (QED) is 0.807. The van der Waals surface area contributed by atoms with E-state index >= 15 is 0 Å². The molecule has 5 heteroatoms. The second kappa shape index (κ2) is 8.13. The van der Waals surface area contributed by atoms with Crippen LogP contribution in [0.15, 0.2) is 24.4 Å². The zero-order valence-corrected chi connectivity index (χ0v) is 13.9. The molecule has 2 heterocycles. The summed E-state index contributed by atoms with van der Waals surface area (Å²) < 4.78 is 5.71. The van der Waals surface area contributed by atoms with Crippen LogP contribution in [0, 0.1) is 5.92 Å². The van der Waals surface area contributed by atoms with Gasteiger partial charge in [-0.2, -0.15) is 0 Å². The molecule has 1 fully saturated rings. The first-order valence-electron chi connectivity index (χ1n) is 8.08. The fraction of sp³-hybridized carbons (Fsp3) is 0.647. The topological polar surface area (TPSA) is 45.7 Å². The summed E-state index contributed by atoms with van der Waals surface area (Å²) in [4.78, 5) is 20.5. The Morgan fingerprint density at radius 1 is 1.41 bits per heavy atom. The summed E-state index contributed by atoms with van der Waals surface area (Å²) in [6.07, 6.45) is 3.75. The van der Waals surface area contributed by atoms with Crippen LogP contribution in [0.3, 0.4) is 0 Å². The van der Waals surface area contributed by atoms with E-state index in [1.54, 1.807) is 6.20 Å². The van der Waals surface area contributed by atoms with Crippen LogP contribution in [0.5, 0.6) is 5.88 Å². The van der Waals surface area contributed by atoms with Crippen LogP contribution in [0.4, 0.5) is 0 Å². The summed E-state index contributed by atoms with van der Waals surface area (Å²) in [5.41, 5.74) is 0. The maximum atomic E-state index is 12.2. The summed E-state index contributed by atoms with van der Waals surface area (Å²) in [5, 5.41) is 0. The van der Waals surface area contributed by atoms with E-state index in [4.69, 9.17) is 4.74 Å². The van der Waals surface area contributed by atoms with Gasteiger partial charge in [-0.05, 0) is 45.7 Å². The van der Waals surface area contributed by atoms with E-state index in [9.17, 15) is 4.79 Å². The molecule has 1 aromatic heterocycles. The van der Waals surface area contributed by atoms with E-state index < -0.39 is 0 Å². The molecule has 1 aliphatic rings. The largest absolute Gasteiger partial charge is 0.477 e. The molecule has 1 aromatic rings. The fourth-order valence-corrected chi connectivity index (χ4v) is 2.48. The predicted molar refractivity (Wildman–Crippen MR) is 86.8 cm³/mol. The first-order chi connectivity index (χ1) is 10.6. The molecule has 0 bridgehead atoms. The van der Waals surface area contributed by atoms with Crippen LogP contribution in [-0.4, -0.2) is 60.0 Å². The van der Waals surface area contributed by atoms with Gasteiger partial charge in [-0.25, -0.2) is 4.98 Å². The van der Waals surface area contributed by atoms with Gasteiger partial charge in [-0.3, -0.25) is 9.69 Å². The number of likely N-dealkylation sites (N-methyl/N-ethyl adjacent to an activating group) is 1. The Bertz CT molecular complexity index is 456. The van der Waals surface area contributed by atoms with Crippen LogP contribution >= 0.6 is 0 Å². The normalized spacial score (nSPS) is 16.3. The SMILES string of the molecule is CC(C)N(C)CC(=O)N1CCC(COc2ccccn2)CC1. The summed E-state index contributed by atoms with van der Waals surface area (Å²) in [6, 6.07) is 6.08. The van der Waals surface area contributed by atoms with Crippen molar-refractivity contribution in [3.63, 3.8) is 0 Å². The molecule has 0 atom stereocenters. The molecule has 22 heavy (non-hydrogen) atoms. The predicted octanol–water partition coefficient (Wildman–Crippen LogP) is 2.04. The lowest BCUT2D eigenvalue weighted by Gasteiger charge is -2.33. The minimum Gasteiger partial charge on any atom is -0.477 e. The van der Waals surface area contributed by atoms with Gasteiger partial charge in [0.15, 0.2) is 0 Å². The number of nitrogens with zero attached hydrogens (tertiary/aromatic N) is 3. The van der Waals surface area contributed by atoms with E-state index in [0.29, 0.717) is 31.0 Å². The molecule has 122 valence electrons. The monoisotopic (exact) mass is 305 g/mol. The Labute approximate surface area is 133 Å². The molecule has 0 saturated carbocycles. The Balaban J connectivity index is 1.70. The smallest absolute Gasteiger partial charge is 0.236 e. The molecule has 0 radical (unpaired) electrons. The summed E-state index contributed by atoms with van der Waals surface area (Å²) >= 11 is 0. The number of aromatic nitrogens is 1. The van der Waals surface area contributed by atoms with E-state index in [0.717, 1.165) is 25.9 Å². The summed E-state index contributed by atoms with van der Waals surface area (Å²) in [6.45, 7) is 7.07. The lowest BCUT2D eigenvalue weighted by molar-refractivity contribution is -0.134. The van der Waals surface area contributed by atoms with Gasteiger partial charge in [0, 0.05) is 31.4 Å². The van der Waals surface area contributed by atoms with Gasteiger partial charge in [0.2, 0.25) is 11.8 Å². The van der Waals surface area contributed by atoms with Crippen molar-refractivity contribution < 1.29 is 9.53 Å². The highest BCUT2D eigenvalue weighted by molar-refractivity contribution is 5.78. The van der Waals surface area contributed by atoms with Gasteiger partial charge in [0.1, 0.15) is 0 Å². The number of ether oxygens (including phenoxy) is 1. The van der Waals surface area contributed by atoms with Crippen molar-refractivity contribution in [1.29, 1.82) is 0 Å². The second-order valence-electron chi connectivity index (χ2n) is 6.31. The summed E-state index contributed by atoms with van der Waals surface area (Å²) in [7, 11) is 2.00. The molecule has 0 spiro atoms. The Morgan fingerprint density at radius 2 is 2.14 bits per heavy atom. The zero-order chi connectivity index (χ0) is 15.9. The molecular weight excluding hydrogens is 278 g/mol. The highest BCUT2D eigenvalue weighted by atomic mass is 16.5. The van der Waals surface area contributed by atoms with Crippen LogP contribution in [0.25, 0.3) is 0 Å². The summed E-state index contributed by atoms with van der Waals surface area (Å²) in [5.74, 6) is 1.42. The van der Waals surface area contributed by atoms with Gasteiger partial charge in [-0.15, -0.1) is 0 Å². The number of rotatable bonds is 6. The lowest BCUT2D eigenvalue weighted by atomic mass is 9.98. The van der Waals surface area contributed by atoms with Gasteiger partial charge in [-0.1, -0.05) is 6.07 Å². The highest BCUT2D eigenvalue weighted by Crippen LogP contribution is 2.18. The molecule has 0 unspecified atom stereocenters. The molecular formula is C17H27N3O2. The van der Waals surface area contributed by atoms with E-state index in [1.165, 1.54) is 0 Å². The van der Waals surface area contributed by atoms with E-state index in [-0.39, 0.29) is 5.91 Å². The third kappa shape index (κ3) is 4.98. The average Bonchev–Trinajstić information content (AvgIpc) is 2.54. The number of pyridine rings is 1. The zero-order valence-electron chi connectivity index (χ0n) is 13.9. The molecule has 0 N–H and O–H groups in total. The third-order valence-electron chi connectivity index (χ3n) is 4.34. The van der Waals surface area contributed by atoms with Crippen LogP contribution in [0.1, 0.15) is 26.7 Å². The minimum absolute atomic E-state index is 0.236. The Hall–Kier alpha value is -1.62. The third-order valence-corrected chi connectivity index (χ3v) is 4.34. The minimum atomic E-state index is 0.236. The standard InChI is InChI=1S/C17H27N3O2/c1-14(2)19(3)12-17(21)20-10-7-15(8-11-20)13-22-16-6-4-5-9-18-16/h4-6,9,14-15H,7-8,10-13H2,1-3H3. The van der Waals surface area contributed by atoms with Crippen molar-refractivity contribution in [3.8, 4) is 5.88 Å². The number of likely N-dealkylation sites (tertiary alicyclic amines) is 1. The number of amides is 1.